The van der Waals surface area contributed by atoms with Crippen molar-refractivity contribution >= 4 is 5.82 Å². The molecule has 0 fully saturated rings. The van der Waals surface area contributed by atoms with Gasteiger partial charge < -0.3 is 4.90 Å². The maximum Gasteiger partial charge on any atom is 0.127 e. The zero-order chi connectivity index (χ0) is 10.3. The molecule has 1 atom stereocenters. The lowest BCUT2D eigenvalue weighted by molar-refractivity contribution is 0.591. The van der Waals surface area contributed by atoms with E-state index in [2.05, 4.69) is 58.1 Å². The smallest absolute Gasteiger partial charge is 0.127 e. The van der Waals surface area contributed by atoms with Gasteiger partial charge in [-0.1, -0.05) is 30.3 Å². The van der Waals surface area contributed by atoms with Gasteiger partial charge in [-0.15, -0.1) is 0 Å². The highest BCUT2D eigenvalue weighted by Crippen LogP contribution is 2.33. The van der Waals surface area contributed by atoms with Crippen LogP contribution in [0.2, 0.25) is 0 Å². The van der Waals surface area contributed by atoms with Crippen LogP contribution in [0.15, 0.2) is 42.6 Å². The molecule has 1 unspecified atom stereocenters. The molecule has 76 valence electrons. The average molecular weight is 199 g/mol. The maximum absolute atomic E-state index is 4.30. The van der Waals surface area contributed by atoms with Crippen molar-refractivity contribution in [3.05, 3.63) is 48.2 Å². The van der Waals surface area contributed by atoms with E-state index in [4.69, 9.17) is 0 Å². The molecule has 0 saturated carbocycles. The van der Waals surface area contributed by atoms with Gasteiger partial charge in [-0.2, -0.15) is 5.10 Å². The van der Waals surface area contributed by atoms with Gasteiger partial charge in [-0.25, -0.2) is 4.68 Å². The van der Waals surface area contributed by atoms with Crippen LogP contribution in [0.3, 0.4) is 0 Å². The highest BCUT2D eigenvalue weighted by molar-refractivity contribution is 5.45. The molecule has 3 rings (SSSR count). The summed E-state index contributed by atoms with van der Waals surface area (Å²) in [6.07, 6.45) is 1.85. The van der Waals surface area contributed by atoms with E-state index in [0.29, 0.717) is 6.04 Å². The zero-order valence-corrected chi connectivity index (χ0v) is 8.67. The monoisotopic (exact) mass is 199 g/mol. The Balaban J connectivity index is 1.96. The standard InChI is InChI=1S/C12H13N3/c1-14-11(10-5-3-2-4-6-10)9-15-12(14)7-8-13-15/h2-8,11H,9H2,1H3. The molecule has 0 amide bonds. The number of hydrogen-bond acceptors (Lipinski definition) is 2. The highest BCUT2D eigenvalue weighted by Gasteiger charge is 2.27. The fourth-order valence-corrected chi connectivity index (χ4v) is 2.22. The third-order valence-electron chi connectivity index (χ3n) is 3.05. The van der Waals surface area contributed by atoms with Crippen LogP contribution in [0.25, 0.3) is 0 Å². The molecule has 0 N–H and O–H groups in total. The Morgan fingerprint density at radius 3 is 2.73 bits per heavy atom. The van der Waals surface area contributed by atoms with Crippen molar-refractivity contribution in [2.24, 2.45) is 0 Å². The molecule has 0 saturated heterocycles. The quantitative estimate of drug-likeness (QED) is 0.701. The van der Waals surface area contributed by atoms with Gasteiger partial charge in [0.25, 0.3) is 0 Å². The molecule has 0 aliphatic carbocycles. The van der Waals surface area contributed by atoms with Crippen molar-refractivity contribution < 1.29 is 0 Å². The van der Waals surface area contributed by atoms with Gasteiger partial charge in [0.1, 0.15) is 5.82 Å². The molecule has 15 heavy (non-hydrogen) atoms. The predicted molar refractivity (Wildman–Crippen MR) is 59.8 cm³/mol. The number of rotatable bonds is 1. The van der Waals surface area contributed by atoms with E-state index < -0.39 is 0 Å². The van der Waals surface area contributed by atoms with Crippen molar-refractivity contribution in [1.82, 2.24) is 9.78 Å². The van der Waals surface area contributed by atoms with E-state index in [1.807, 2.05) is 6.20 Å². The number of anilines is 1. The van der Waals surface area contributed by atoms with E-state index in [1.165, 1.54) is 11.4 Å². The first kappa shape index (κ1) is 8.53. The van der Waals surface area contributed by atoms with Crippen LogP contribution in [0.5, 0.6) is 0 Å². The van der Waals surface area contributed by atoms with Crippen molar-refractivity contribution in [3.63, 3.8) is 0 Å². The van der Waals surface area contributed by atoms with Crippen LogP contribution in [0.1, 0.15) is 11.6 Å². The molecule has 3 heteroatoms. The second-order valence-electron chi connectivity index (χ2n) is 3.91. The Labute approximate surface area is 88.9 Å². The summed E-state index contributed by atoms with van der Waals surface area (Å²) in [7, 11) is 2.12. The van der Waals surface area contributed by atoms with Crippen LogP contribution >= 0.6 is 0 Å². The molecule has 1 aliphatic heterocycles. The lowest BCUT2D eigenvalue weighted by Crippen LogP contribution is -2.19. The number of likely N-dealkylation sites (N-methyl/N-ethyl adjacent to an activating group) is 1. The minimum absolute atomic E-state index is 0.426. The number of nitrogens with zero attached hydrogens (tertiary/aromatic N) is 3. The number of aromatic nitrogens is 2. The second kappa shape index (κ2) is 3.12. The lowest BCUT2D eigenvalue weighted by atomic mass is 10.1. The van der Waals surface area contributed by atoms with Gasteiger partial charge in [-0.05, 0) is 5.56 Å². The summed E-state index contributed by atoms with van der Waals surface area (Å²) in [6, 6.07) is 13.1. The SMILES string of the molecule is CN1c2ccnn2CC1c1ccccc1. The lowest BCUT2D eigenvalue weighted by Gasteiger charge is -2.20. The molecule has 1 aromatic heterocycles. The van der Waals surface area contributed by atoms with Crippen LogP contribution in [0.4, 0.5) is 5.82 Å². The molecule has 3 nitrogen and oxygen atoms in total. The van der Waals surface area contributed by atoms with Gasteiger partial charge in [0.05, 0.1) is 18.8 Å². The fourth-order valence-electron chi connectivity index (χ4n) is 2.22. The van der Waals surface area contributed by atoms with E-state index >= 15 is 0 Å². The summed E-state index contributed by atoms with van der Waals surface area (Å²) in [5, 5.41) is 4.30. The number of hydrogen-bond donors (Lipinski definition) is 0. The molecule has 1 aliphatic rings. The molecule has 0 radical (unpaired) electrons. The van der Waals surface area contributed by atoms with Crippen molar-refractivity contribution in [2.75, 3.05) is 11.9 Å². The van der Waals surface area contributed by atoms with Crippen molar-refractivity contribution in [2.45, 2.75) is 12.6 Å². The second-order valence-corrected chi connectivity index (χ2v) is 3.91. The number of fused-ring (bicyclic) bond motifs is 1. The first-order chi connectivity index (χ1) is 7.36. The van der Waals surface area contributed by atoms with Gasteiger partial charge in [0, 0.05) is 13.1 Å². The Morgan fingerprint density at radius 2 is 2.00 bits per heavy atom. The molecular weight excluding hydrogens is 186 g/mol. The summed E-state index contributed by atoms with van der Waals surface area (Å²) in [6.45, 7) is 0.947. The summed E-state index contributed by atoms with van der Waals surface area (Å²) in [4.78, 5) is 2.28. The molecule has 0 bridgehead atoms. The Bertz CT molecular complexity index is 461. The van der Waals surface area contributed by atoms with Crippen molar-refractivity contribution in [1.29, 1.82) is 0 Å². The van der Waals surface area contributed by atoms with E-state index in [1.54, 1.807) is 0 Å². The van der Waals surface area contributed by atoms with Gasteiger partial charge in [0.2, 0.25) is 0 Å². The predicted octanol–water partition coefficient (Wildman–Crippen LogP) is 2.07. The van der Waals surface area contributed by atoms with Crippen LogP contribution < -0.4 is 4.90 Å². The van der Waals surface area contributed by atoms with Crippen molar-refractivity contribution in [3.8, 4) is 0 Å². The minimum atomic E-state index is 0.426. The fraction of sp³-hybridized carbons (Fsp3) is 0.250. The first-order valence-electron chi connectivity index (χ1n) is 5.16. The van der Waals surface area contributed by atoms with Crippen LogP contribution in [0, 0.1) is 0 Å². The van der Waals surface area contributed by atoms with E-state index in [9.17, 15) is 0 Å². The molecule has 1 aromatic carbocycles. The Hall–Kier alpha value is -1.77. The largest absolute Gasteiger partial charge is 0.351 e. The average Bonchev–Trinajstić information content (AvgIpc) is 2.83. The Morgan fingerprint density at radius 1 is 1.20 bits per heavy atom. The highest BCUT2D eigenvalue weighted by atomic mass is 15.4. The third-order valence-corrected chi connectivity index (χ3v) is 3.05. The topological polar surface area (TPSA) is 21.1 Å². The van der Waals surface area contributed by atoms with Crippen LogP contribution in [-0.2, 0) is 6.54 Å². The van der Waals surface area contributed by atoms with E-state index in [-0.39, 0.29) is 0 Å². The molecule has 2 heterocycles. The summed E-state index contributed by atoms with van der Waals surface area (Å²) in [5.41, 5.74) is 1.35. The third kappa shape index (κ3) is 1.23. The molecule has 0 spiro atoms. The summed E-state index contributed by atoms with van der Waals surface area (Å²) in [5.74, 6) is 1.20. The van der Waals surface area contributed by atoms with E-state index in [0.717, 1.165) is 6.54 Å². The van der Waals surface area contributed by atoms with Gasteiger partial charge in [-0.3, -0.25) is 0 Å². The minimum Gasteiger partial charge on any atom is -0.351 e. The zero-order valence-electron chi connectivity index (χ0n) is 8.67. The number of benzene rings is 1. The molecule has 2 aromatic rings. The van der Waals surface area contributed by atoms with Crippen LogP contribution in [-0.4, -0.2) is 16.8 Å². The summed E-state index contributed by atoms with van der Waals surface area (Å²) < 4.78 is 2.05. The summed E-state index contributed by atoms with van der Waals surface area (Å²) >= 11 is 0. The Kier molecular flexibility index (Phi) is 1.78. The van der Waals surface area contributed by atoms with Gasteiger partial charge >= 0.3 is 0 Å². The first-order valence-corrected chi connectivity index (χ1v) is 5.16. The maximum atomic E-state index is 4.30. The van der Waals surface area contributed by atoms with Gasteiger partial charge in [0.15, 0.2) is 0 Å². The normalized spacial score (nSPS) is 19.3. The molecular formula is C12H13N3.